The van der Waals surface area contributed by atoms with Gasteiger partial charge < -0.3 is 16.2 Å². The molecule has 1 amide bonds. The van der Waals surface area contributed by atoms with Crippen molar-refractivity contribution in [2.75, 3.05) is 6.26 Å². The molecule has 1 unspecified atom stereocenters. The number of carboxylic acids is 1. The van der Waals surface area contributed by atoms with Crippen LogP contribution in [0.25, 0.3) is 21.8 Å². The standard InChI is InChI=1S/C18H20N6OS.C2HF3O2/c1-26-18-20-8-9-2-5-13-15(17(19)25)23-24(16(13)14(9)22-18)12-6-10-3-4-11(7-12)21-10;3-2(4,5)1(6)7/h2,5,8,10-12,21H,3-4,6-7H2,1H3,(H2,19,25);(H,6,7)/t10-,11+,12?;. The van der Waals surface area contributed by atoms with E-state index in [1.165, 1.54) is 24.6 Å². The second-order valence-corrected chi connectivity index (χ2v) is 8.75. The van der Waals surface area contributed by atoms with Crippen molar-refractivity contribution in [2.45, 2.75) is 55.1 Å². The number of halogens is 3. The van der Waals surface area contributed by atoms with Crippen molar-refractivity contribution in [3.8, 4) is 0 Å². The molecule has 4 heterocycles. The number of alkyl halides is 3. The summed E-state index contributed by atoms with van der Waals surface area (Å²) in [6.07, 6.45) is 3.16. The van der Waals surface area contributed by atoms with Crippen LogP contribution in [0.15, 0.2) is 23.5 Å². The Balaban J connectivity index is 0.000000325. The Morgan fingerprint density at radius 3 is 2.42 bits per heavy atom. The number of benzene rings is 1. The van der Waals surface area contributed by atoms with E-state index in [4.69, 9.17) is 20.6 Å². The van der Waals surface area contributed by atoms with Gasteiger partial charge in [-0.2, -0.15) is 18.3 Å². The molecule has 0 saturated carbocycles. The van der Waals surface area contributed by atoms with Gasteiger partial charge in [0, 0.05) is 29.1 Å². The summed E-state index contributed by atoms with van der Waals surface area (Å²) in [5.74, 6) is -3.25. The number of amides is 1. The lowest BCUT2D eigenvalue weighted by Crippen LogP contribution is -2.39. The molecule has 2 aliphatic heterocycles. The number of nitrogens with two attached hydrogens (primary N) is 1. The summed E-state index contributed by atoms with van der Waals surface area (Å²) in [4.78, 5) is 30.0. The highest BCUT2D eigenvalue weighted by Crippen LogP contribution is 2.37. The summed E-state index contributed by atoms with van der Waals surface area (Å²) in [6, 6.07) is 5.16. The van der Waals surface area contributed by atoms with Crippen LogP contribution in [0.1, 0.15) is 42.2 Å². The minimum Gasteiger partial charge on any atom is -0.475 e. The first-order chi connectivity index (χ1) is 15.6. The Bertz CT molecular complexity index is 1220. The Hall–Kier alpha value is -2.93. The van der Waals surface area contributed by atoms with E-state index >= 15 is 0 Å². The van der Waals surface area contributed by atoms with E-state index in [2.05, 4.69) is 15.4 Å². The minimum absolute atomic E-state index is 0.252. The van der Waals surface area contributed by atoms with Gasteiger partial charge in [-0.05, 0) is 38.0 Å². The normalized spacial score (nSPS) is 22.2. The maximum atomic E-state index is 12.0. The number of fused-ring (bicyclic) bond motifs is 5. The molecule has 4 N–H and O–H groups in total. The van der Waals surface area contributed by atoms with Crippen molar-refractivity contribution in [3.63, 3.8) is 0 Å². The van der Waals surface area contributed by atoms with Crippen LogP contribution >= 0.6 is 11.8 Å². The Morgan fingerprint density at radius 2 is 1.88 bits per heavy atom. The third-order valence-electron chi connectivity index (χ3n) is 5.85. The number of thioether (sulfide) groups is 1. The van der Waals surface area contributed by atoms with Crippen LogP contribution in [-0.4, -0.2) is 61.2 Å². The Morgan fingerprint density at radius 1 is 1.24 bits per heavy atom. The molecule has 9 nitrogen and oxygen atoms in total. The highest BCUT2D eigenvalue weighted by Gasteiger charge is 2.38. The summed E-state index contributed by atoms with van der Waals surface area (Å²) in [7, 11) is 0. The first-order valence-corrected chi connectivity index (χ1v) is 11.4. The largest absolute Gasteiger partial charge is 0.490 e. The van der Waals surface area contributed by atoms with Crippen molar-refractivity contribution in [1.82, 2.24) is 25.1 Å². The zero-order valence-electron chi connectivity index (χ0n) is 17.5. The van der Waals surface area contributed by atoms with Crippen LogP contribution < -0.4 is 11.1 Å². The number of hydrogen-bond acceptors (Lipinski definition) is 7. The summed E-state index contributed by atoms with van der Waals surface area (Å²) in [5, 5.41) is 17.9. The van der Waals surface area contributed by atoms with Gasteiger partial charge in [0.1, 0.15) is 5.52 Å². The fourth-order valence-electron chi connectivity index (χ4n) is 4.47. The molecular weight excluding hydrogens is 461 g/mol. The van der Waals surface area contributed by atoms with Gasteiger partial charge in [-0.25, -0.2) is 14.8 Å². The molecule has 0 spiro atoms. The maximum absolute atomic E-state index is 12.0. The van der Waals surface area contributed by atoms with E-state index < -0.39 is 18.1 Å². The molecule has 2 aromatic heterocycles. The van der Waals surface area contributed by atoms with E-state index in [1.54, 1.807) is 0 Å². The molecule has 3 atom stereocenters. The second kappa shape index (κ2) is 8.78. The second-order valence-electron chi connectivity index (χ2n) is 7.98. The lowest BCUT2D eigenvalue weighted by atomic mass is 9.99. The first kappa shape index (κ1) is 23.2. The fraction of sp³-hybridized carbons (Fsp3) is 0.450. The van der Waals surface area contributed by atoms with Crippen LogP contribution in [0.3, 0.4) is 0 Å². The monoisotopic (exact) mass is 482 g/mol. The number of primary amides is 1. The van der Waals surface area contributed by atoms with Gasteiger partial charge in [-0.1, -0.05) is 17.8 Å². The predicted octanol–water partition coefficient (Wildman–Crippen LogP) is 2.89. The average molecular weight is 482 g/mol. The molecule has 0 radical (unpaired) electrons. The number of carbonyl (C=O) groups excluding carboxylic acids is 1. The number of nitrogens with one attached hydrogen (secondary N) is 1. The average Bonchev–Trinajstić information content (AvgIpc) is 3.33. The molecule has 2 bridgehead atoms. The van der Waals surface area contributed by atoms with Crippen molar-refractivity contribution < 1.29 is 27.9 Å². The first-order valence-electron chi connectivity index (χ1n) is 10.2. The van der Waals surface area contributed by atoms with Gasteiger partial charge in [0.15, 0.2) is 10.9 Å². The molecule has 3 aromatic rings. The Labute approximate surface area is 189 Å². The van der Waals surface area contributed by atoms with E-state index in [0.717, 1.165) is 34.6 Å². The van der Waals surface area contributed by atoms with Crippen molar-refractivity contribution in [3.05, 3.63) is 24.0 Å². The molecule has 13 heteroatoms. The van der Waals surface area contributed by atoms with Gasteiger partial charge in [0.2, 0.25) is 0 Å². The topological polar surface area (TPSA) is 136 Å². The van der Waals surface area contributed by atoms with Crippen molar-refractivity contribution in [1.29, 1.82) is 0 Å². The minimum atomic E-state index is -5.08. The van der Waals surface area contributed by atoms with E-state index in [-0.39, 0.29) is 6.04 Å². The lowest BCUT2D eigenvalue weighted by molar-refractivity contribution is -0.192. The maximum Gasteiger partial charge on any atom is 0.490 e. The number of aliphatic carboxylic acids is 1. The van der Waals surface area contributed by atoms with Crippen LogP contribution in [-0.2, 0) is 4.79 Å². The molecule has 2 fully saturated rings. The summed E-state index contributed by atoms with van der Waals surface area (Å²) < 4.78 is 33.8. The van der Waals surface area contributed by atoms with Crippen LogP contribution in [0, 0.1) is 0 Å². The highest BCUT2D eigenvalue weighted by atomic mass is 32.2. The van der Waals surface area contributed by atoms with E-state index in [0.29, 0.717) is 22.9 Å². The van der Waals surface area contributed by atoms with Gasteiger partial charge in [-0.3, -0.25) is 9.48 Å². The van der Waals surface area contributed by atoms with Gasteiger partial charge in [0.05, 0.1) is 11.6 Å². The highest BCUT2D eigenvalue weighted by molar-refractivity contribution is 7.98. The molecule has 5 rings (SSSR count). The quantitative estimate of drug-likeness (QED) is 0.383. The molecule has 0 aliphatic carbocycles. The Kier molecular flexibility index (Phi) is 6.18. The molecule has 2 saturated heterocycles. The van der Waals surface area contributed by atoms with E-state index in [9.17, 15) is 18.0 Å². The summed E-state index contributed by atoms with van der Waals surface area (Å²) >= 11 is 1.50. The number of aromatic nitrogens is 4. The molecule has 1 aromatic carbocycles. The van der Waals surface area contributed by atoms with Gasteiger partial charge in [-0.15, -0.1) is 0 Å². The number of carboxylic acid groups (broad SMARTS) is 1. The zero-order valence-corrected chi connectivity index (χ0v) is 18.3. The van der Waals surface area contributed by atoms with Crippen LogP contribution in [0.4, 0.5) is 13.2 Å². The molecule has 176 valence electrons. The summed E-state index contributed by atoms with van der Waals surface area (Å²) in [5.41, 5.74) is 7.70. The molecular formula is C20H21F3N6O3S. The van der Waals surface area contributed by atoms with Gasteiger partial charge in [0.25, 0.3) is 5.91 Å². The number of nitrogens with zero attached hydrogens (tertiary/aromatic N) is 4. The van der Waals surface area contributed by atoms with Crippen LogP contribution in [0.5, 0.6) is 0 Å². The van der Waals surface area contributed by atoms with Crippen molar-refractivity contribution in [2.24, 2.45) is 5.73 Å². The third-order valence-corrected chi connectivity index (χ3v) is 6.41. The number of hydrogen-bond donors (Lipinski definition) is 3. The predicted molar refractivity (Wildman–Crippen MR) is 115 cm³/mol. The number of piperidine rings is 1. The summed E-state index contributed by atoms with van der Waals surface area (Å²) in [6.45, 7) is 0. The smallest absolute Gasteiger partial charge is 0.475 e. The van der Waals surface area contributed by atoms with Gasteiger partial charge >= 0.3 is 12.1 Å². The number of carbonyl (C=O) groups is 2. The SMILES string of the molecule is CSc1ncc2ccc3c(C(N)=O)nn(C4C[C@H]5CC[C@@H](C4)N5)c3c2n1.O=C(O)C(F)(F)F. The zero-order chi connectivity index (χ0) is 23.9. The lowest BCUT2D eigenvalue weighted by Gasteiger charge is -2.29. The third kappa shape index (κ3) is 4.60. The molecule has 33 heavy (non-hydrogen) atoms. The van der Waals surface area contributed by atoms with E-state index in [1.807, 2.05) is 29.3 Å². The molecule has 2 aliphatic rings. The fourth-order valence-corrected chi connectivity index (χ4v) is 4.81. The van der Waals surface area contributed by atoms with Crippen molar-refractivity contribution >= 4 is 45.4 Å². The number of rotatable bonds is 3. The van der Waals surface area contributed by atoms with Crippen LogP contribution in [0.2, 0.25) is 0 Å².